The molecule has 226 valence electrons. The van der Waals surface area contributed by atoms with Crippen molar-refractivity contribution in [1.29, 1.82) is 5.26 Å². The molecule has 12 heteroatoms. The van der Waals surface area contributed by atoms with Crippen molar-refractivity contribution in [3.63, 3.8) is 0 Å². The Hall–Kier alpha value is -4.73. The van der Waals surface area contributed by atoms with Gasteiger partial charge in [-0.05, 0) is 62.4 Å². The number of fused-ring (bicyclic) bond motifs is 2. The molecule has 0 spiro atoms. The zero-order valence-electron chi connectivity index (χ0n) is 24.7. The van der Waals surface area contributed by atoms with Gasteiger partial charge in [-0.15, -0.1) is 0 Å². The van der Waals surface area contributed by atoms with Crippen LogP contribution in [0.3, 0.4) is 0 Å². The summed E-state index contributed by atoms with van der Waals surface area (Å²) in [7, 11) is 0. The molecule has 2 fully saturated rings. The molecule has 0 radical (unpaired) electrons. The third-order valence-electron chi connectivity index (χ3n) is 8.60. The first-order valence-electron chi connectivity index (χ1n) is 15.2. The summed E-state index contributed by atoms with van der Waals surface area (Å²) in [6.07, 6.45) is 6.13. The molecule has 5 aromatic rings. The highest BCUT2D eigenvalue weighted by Crippen LogP contribution is 2.38. The smallest absolute Gasteiger partial charge is 0.300 e. The number of benzene rings is 2. The van der Waals surface area contributed by atoms with Gasteiger partial charge < -0.3 is 24.9 Å². The molecule has 1 aliphatic heterocycles. The van der Waals surface area contributed by atoms with Crippen LogP contribution >= 0.6 is 0 Å². The molecule has 0 unspecified atom stereocenters. The lowest BCUT2D eigenvalue weighted by Crippen LogP contribution is -2.45. The molecule has 0 bridgehead atoms. The van der Waals surface area contributed by atoms with Gasteiger partial charge in [0, 0.05) is 30.4 Å². The largest absolute Gasteiger partial charge is 0.490 e. The lowest BCUT2D eigenvalue weighted by molar-refractivity contribution is 0.00520. The highest BCUT2D eigenvalue weighted by atomic mass is 16.5. The molecule has 44 heavy (non-hydrogen) atoms. The van der Waals surface area contributed by atoms with Crippen LogP contribution in [0.4, 0.5) is 17.5 Å². The minimum absolute atomic E-state index is 0.258. The molecular weight excluding hydrogens is 558 g/mol. The Morgan fingerprint density at radius 3 is 2.59 bits per heavy atom. The molecule has 3 N–H and O–H groups in total. The maximum atomic E-state index is 9.14. The summed E-state index contributed by atoms with van der Waals surface area (Å²) >= 11 is 0. The molecule has 0 amide bonds. The average Bonchev–Trinajstić information content (AvgIpc) is 3.65. The number of nitrogens with two attached hydrogens (primary N) is 1. The van der Waals surface area contributed by atoms with Crippen LogP contribution in [-0.4, -0.2) is 68.6 Å². The molecule has 3 aromatic heterocycles. The van der Waals surface area contributed by atoms with Crippen molar-refractivity contribution >= 4 is 39.7 Å². The first-order chi connectivity index (χ1) is 21.6. The first kappa shape index (κ1) is 28.1. The van der Waals surface area contributed by atoms with Crippen LogP contribution in [0.1, 0.15) is 44.2 Å². The Morgan fingerprint density at radius 2 is 1.84 bits per heavy atom. The fourth-order valence-corrected chi connectivity index (χ4v) is 6.46. The van der Waals surface area contributed by atoms with Crippen LogP contribution in [0.25, 0.3) is 33.4 Å². The zero-order valence-corrected chi connectivity index (χ0v) is 24.7. The molecule has 12 nitrogen and oxygen atoms in total. The molecule has 2 aromatic carbocycles. The summed E-state index contributed by atoms with van der Waals surface area (Å²) in [6.45, 7) is 6.07. The minimum atomic E-state index is 0.258. The van der Waals surface area contributed by atoms with Crippen molar-refractivity contribution < 1.29 is 13.9 Å². The maximum absolute atomic E-state index is 9.14. The minimum Gasteiger partial charge on any atom is -0.490 e. The van der Waals surface area contributed by atoms with Gasteiger partial charge in [0.05, 0.1) is 43.7 Å². The standard InChI is InChI=1S/C32H35N9O3/c1-2-43-26-18-20(11-12-33)17-25-29(26)44-32(38-25)37-22-5-3-21(4-6-22)28-27-30(34)35-19-36-31(27)41(39-28)24-9-7-23(8-10-24)40-13-15-42-16-14-40/h3-6,17-19,23-24H,2,7-11,13-16H2,1H3,(H,37,38)(H2,34,35,36). The molecule has 1 saturated heterocycles. The summed E-state index contributed by atoms with van der Waals surface area (Å²) in [5, 5.41) is 18.2. The summed E-state index contributed by atoms with van der Waals surface area (Å²) in [6, 6.07) is 14.9. The monoisotopic (exact) mass is 593 g/mol. The SMILES string of the molecule is CCOc1cc(CC#N)cc2nc(Nc3ccc(-c4nn(C5CCC(N6CCOCC6)CC5)c5ncnc(N)c45)cc3)oc12. The number of nitrogens with zero attached hydrogens (tertiary/aromatic N) is 7. The van der Waals surface area contributed by atoms with Gasteiger partial charge in [0.25, 0.3) is 6.01 Å². The number of nitrogens with one attached hydrogen (secondary N) is 1. The fourth-order valence-electron chi connectivity index (χ4n) is 6.46. The van der Waals surface area contributed by atoms with Crippen molar-refractivity contribution in [1.82, 2.24) is 29.6 Å². The second kappa shape index (κ2) is 12.1. The Balaban J connectivity index is 1.13. The van der Waals surface area contributed by atoms with Gasteiger partial charge in [-0.3, -0.25) is 4.90 Å². The highest BCUT2D eigenvalue weighted by Gasteiger charge is 2.30. The maximum Gasteiger partial charge on any atom is 0.300 e. The Kier molecular flexibility index (Phi) is 7.72. The van der Waals surface area contributed by atoms with E-state index in [-0.39, 0.29) is 12.5 Å². The third kappa shape index (κ3) is 5.40. The number of anilines is 3. The second-order valence-electron chi connectivity index (χ2n) is 11.3. The Morgan fingerprint density at radius 1 is 1.07 bits per heavy atom. The highest BCUT2D eigenvalue weighted by molar-refractivity contribution is 5.98. The van der Waals surface area contributed by atoms with Gasteiger partial charge in [-0.2, -0.15) is 15.3 Å². The van der Waals surface area contributed by atoms with Gasteiger partial charge in [0.2, 0.25) is 0 Å². The van der Waals surface area contributed by atoms with Crippen LogP contribution < -0.4 is 15.8 Å². The topological polar surface area (TPSA) is 153 Å². The number of hydrogen-bond acceptors (Lipinski definition) is 11. The van der Waals surface area contributed by atoms with E-state index in [2.05, 4.69) is 35.9 Å². The predicted molar refractivity (Wildman–Crippen MR) is 167 cm³/mol. The van der Waals surface area contributed by atoms with E-state index in [1.807, 2.05) is 43.3 Å². The molecule has 1 saturated carbocycles. The lowest BCUT2D eigenvalue weighted by Gasteiger charge is -2.38. The molecule has 0 atom stereocenters. The number of morpholine rings is 1. The van der Waals surface area contributed by atoms with Crippen molar-refractivity contribution in [3.8, 4) is 23.1 Å². The van der Waals surface area contributed by atoms with Crippen LogP contribution in [0, 0.1) is 11.3 Å². The Labute approximate surface area is 254 Å². The van der Waals surface area contributed by atoms with E-state index in [0.29, 0.717) is 41.3 Å². The lowest BCUT2D eigenvalue weighted by atomic mass is 9.90. The number of rotatable bonds is 8. The molecular formula is C32H35N9O3. The van der Waals surface area contributed by atoms with Crippen LogP contribution in [-0.2, 0) is 11.2 Å². The van der Waals surface area contributed by atoms with E-state index < -0.39 is 0 Å². The van der Waals surface area contributed by atoms with E-state index in [4.69, 9.17) is 30.0 Å². The van der Waals surface area contributed by atoms with E-state index in [9.17, 15) is 0 Å². The summed E-state index contributed by atoms with van der Waals surface area (Å²) in [5.41, 5.74) is 11.7. The van der Waals surface area contributed by atoms with Gasteiger partial charge in [0.1, 0.15) is 23.4 Å². The number of hydrogen-bond donors (Lipinski definition) is 2. The van der Waals surface area contributed by atoms with Crippen molar-refractivity contribution in [2.45, 2.75) is 51.1 Å². The summed E-state index contributed by atoms with van der Waals surface area (Å²) < 4.78 is 19.4. The van der Waals surface area contributed by atoms with Crippen molar-refractivity contribution in [2.24, 2.45) is 0 Å². The fraction of sp³-hybridized carbons (Fsp3) is 0.406. The van der Waals surface area contributed by atoms with Crippen LogP contribution in [0.15, 0.2) is 47.1 Å². The first-order valence-corrected chi connectivity index (χ1v) is 15.2. The Bertz CT molecular complexity index is 1810. The summed E-state index contributed by atoms with van der Waals surface area (Å²) in [4.78, 5) is 16.1. The normalized spacial score (nSPS) is 19.3. The predicted octanol–water partition coefficient (Wildman–Crippen LogP) is 5.24. The second-order valence-corrected chi connectivity index (χ2v) is 11.3. The van der Waals surface area contributed by atoms with Crippen LogP contribution in [0.5, 0.6) is 5.75 Å². The van der Waals surface area contributed by atoms with E-state index >= 15 is 0 Å². The zero-order chi connectivity index (χ0) is 30.0. The summed E-state index contributed by atoms with van der Waals surface area (Å²) in [5.74, 6) is 0.996. The number of aromatic nitrogens is 5. The quantitative estimate of drug-likeness (QED) is 0.243. The molecule has 4 heterocycles. The van der Waals surface area contributed by atoms with Gasteiger partial charge in [-0.1, -0.05) is 12.1 Å². The van der Waals surface area contributed by atoms with Gasteiger partial charge >= 0.3 is 0 Å². The molecule has 2 aliphatic rings. The van der Waals surface area contributed by atoms with E-state index in [1.54, 1.807) is 0 Å². The molecule has 1 aliphatic carbocycles. The number of oxazole rings is 1. The van der Waals surface area contributed by atoms with Crippen LogP contribution in [0.2, 0.25) is 0 Å². The number of ether oxygens (including phenoxy) is 2. The number of nitrogen functional groups attached to an aromatic ring is 1. The number of nitriles is 1. The van der Waals surface area contributed by atoms with Gasteiger partial charge in [-0.25, -0.2) is 14.6 Å². The van der Waals surface area contributed by atoms with Crippen molar-refractivity contribution in [3.05, 3.63) is 48.3 Å². The van der Waals surface area contributed by atoms with E-state index in [0.717, 1.165) is 85.5 Å². The average molecular weight is 594 g/mol. The van der Waals surface area contributed by atoms with Crippen molar-refractivity contribution in [2.75, 3.05) is 44.0 Å². The van der Waals surface area contributed by atoms with Gasteiger partial charge in [0.15, 0.2) is 17.0 Å². The third-order valence-corrected chi connectivity index (χ3v) is 8.60. The van der Waals surface area contributed by atoms with E-state index in [1.165, 1.54) is 6.33 Å². The molecule has 7 rings (SSSR count).